The second kappa shape index (κ2) is 5.34. The summed E-state index contributed by atoms with van der Waals surface area (Å²) >= 11 is 17.7. The third-order valence-electron chi connectivity index (χ3n) is 2.50. The number of nitrogens with zero attached hydrogens (tertiary/aromatic N) is 2. The summed E-state index contributed by atoms with van der Waals surface area (Å²) in [6.07, 6.45) is 0. The number of carbonyl (C=O) groups is 1. The molecule has 0 saturated carbocycles. The van der Waals surface area contributed by atoms with Crippen molar-refractivity contribution in [2.24, 2.45) is 0 Å². The molecule has 0 aliphatic rings. The molecule has 18 heavy (non-hydrogen) atoms. The number of esters is 1. The van der Waals surface area contributed by atoms with Crippen molar-refractivity contribution in [1.29, 1.82) is 0 Å². The SMILES string of the molecule is COC(=O)Cn1c(CCl)nc2cc(Cl)c(Cl)cc21. The first-order valence-corrected chi connectivity index (χ1v) is 6.32. The number of hydrogen-bond donors (Lipinski definition) is 0. The highest BCUT2D eigenvalue weighted by Gasteiger charge is 2.15. The monoisotopic (exact) mass is 306 g/mol. The van der Waals surface area contributed by atoms with Crippen molar-refractivity contribution in [2.75, 3.05) is 7.11 Å². The fraction of sp³-hybridized carbons (Fsp3) is 0.273. The van der Waals surface area contributed by atoms with Crippen LogP contribution in [0.5, 0.6) is 0 Å². The molecule has 0 bridgehead atoms. The Morgan fingerprint density at radius 3 is 2.67 bits per heavy atom. The zero-order valence-corrected chi connectivity index (χ0v) is 11.7. The van der Waals surface area contributed by atoms with E-state index in [1.807, 2.05) is 0 Å². The lowest BCUT2D eigenvalue weighted by molar-refractivity contribution is -0.141. The van der Waals surface area contributed by atoms with Crippen molar-refractivity contribution in [3.05, 3.63) is 28.0 Å². The number of imidazole rings is 1. The first kappa shape index (κ1) is 13.5. The number of benzene rings is 1. The van der Waals surface area contributed by atoms with Gasteiger partial charge in [-0.15, -0.1) is 11.6 Å². The zero-order chi connectivity index (χ0) is 13.3. The lowest BCUT2D eigenvalue weighted by atomic mass is 10.3. The van der Waals surface area contributed by atoms with Gasteiger partial charge in [-0.3, -0.25) is 4.79 Å². The van der Waals surface area contributed by atoms with Gasteiger partial charge in [-0.1, -0.05) is 23.2 Å². The fourth-order valence-electron chi connectivity index (χ4n) is 1.64. The molecule has 7 heteroatoms. The topological polar surface area (TPSA) is 44.1 Å². The number of ether oxygens (including phenoxy) is 1. The van der Waals surface area contributed by atoms with E-state index in [2.05, 4.69) is 9.72 Å². The van der Waals surface area contributed by atoms with E-state index in [-0.39, 0.29) is 18.4 Å². The first-order chi connectivity index (χ1) is 8.56. The highest BCUT2D eigenvalue weighted by molar-refractivity contribution is 6.42. The molecule has 0 radical (unpaired) electrons. The summed E-state index contributed by atoms with van der Waals surface area (Å²) in [5, 5.41) is 0.810. The van der Waals surface area contributed by atoms with Gasteiger partial charge in [0, 0.05) is 0 Å². The van der Waals surface area contributed by atoms with E-state index in [4.69, 9.17) is 34.8 Å². The van der Waals surface area contributed by atoms with E-state index in [9.17, 15) is 4.79 Å². The smallest absolute Gasteiger partial charge is 0.325 e. The normalized spacial score (nSPS) is 10.9. The number of rotatable bonds is 3. The molecule has 96 valence electrons. The van der Waals surface area contributed by atoms with E-state index in [0.717, 1.165) is 0 Å². The molecule has 1 heterocycles. The molecule has 2 aromatic rings. The molecule has 0 atom stereocenters. The molecular weight excluding hydrogens is 298 g/mol. The minimum Gasteiger partial charge on any atom is -0.468 e. The summed E-state index contributed by atoms with van der Waals surface area (Å²) < 4.78 is 6.30. The van der Waals surface area contributed by atoms with Crippen molar-refractivity contribution < 1.29 is 9.53 Å². The van der Waals surface area contributed by atoms with Gasteiger partial charge in [0.15, 0.2) is 0 Å². The Kier molecular flexibility index (Phi) is 4.00. The second-order valence-electron chi connectivity index (χ2n) is 3.58. The third-order valence-corrected chi connectivity index (χ3v) is 3.46. The molecule has 4 nitrogen and oxygen atoms in total. The van der Waals surface area contributed by atoms with Gasteiger partial charge < -0.3 is 9.30 Å². The molecule has 0 unspecified atom stereocenters. The molecule has 0 fully saturated rings. The van der Waals surface area contributed by atoms with Crippen molar-refractivity contribution in [3.63, 3.8) is 0 Å². The molecule has 1 aromatic heterocycles. The number of halogens is 3. The van der Waals surface area contributed by atoms with Crippen molar-refractivity contribution in [2.45, 2.75) is 12.4 Å². The maximum Gasteiger partial charge on any atom is 0.325 e. The van der Waals surface area contributed by atoms with Gasteiger partial charge in [-0.05, 0) is 12.1 Å². The van der Waals surface area contributed by atoms with Gasteiger partial charge in [-0.25, -0.2) is 4.98 Å². The summed E-state index contributed by atoms with van der Waals surface area (Å²) in [4.78, 5) is 15.7. The van der Waals surface area contributed by atoms with Crippen LogP contribution in [0.1, 0.15) is 5.82 Å². The Balaban J connectivity index is 2.61. The molecular formula is C11H9Cl3N2O2. The predicted octanol–water partition coefficient (Wildman–Crippen LogP) is 3.25. The minimum absolute atomic E-state index is 0.0347. The van der Waals surface area contributed by atoms with E-state index in [1.165, 1.54) is 7.11 Å². The summed E-state index contributed by atoms with van der Waals surface area (Å²) in [6, 6.07) is 3.30. The number of fused-ring (bicyclic) bond motifs is 1. The van der Waals surface area contributed by atoms with E-state index < -0.39 is 0 Å². The van der Waals surface area contributed by atoms with Gasteiger partial charge in [-0.2, -0.15) is 0 Å². The van der Waals surface area contributed by atoms with Gasteiger partial charge in [0.25, 0.3) is 0 Å². The summed E-state index contributed by atoms with van der Waals surface area (Å²) in [5.41, 5.74) is 1.34. The molecule has 0 saturated heterocycles. The number of aromatic nitrogens is 2. The molecule has 0 aliphatic heterocycles. The second-order valence-corrected chi connectivity index (χ2v) is 4.66. The van der Waals surface area contributed by atoms with Gasteiger partial charge in [0.1, 0.15) is 12.4 Å². The Morgan fingerprint density at radius 1 is 1.39 bits per heavy atom. The van der Waals surface area contributed by atoms with Crippen LogP contribution in [0.4, 0.5) is 0 Å². The van der Waals surface area contributed by atoms with Crippen molar-refractivity contribution >= 4 is 51.8 Å². The van der Waals surface area contributed by atoms with Crippen molar-refractivity contribution in [3.8, 4) is 0 Å². The van der Waals surface area contributed by atoms with Crippen LogP contribution in [0.25, 0.3) is 11.0 Å². The Labute approximate surface area is 118 Å². The fourth-order valence-corrected chi connectivity index (χ4v) is 2.16. The van der Waals surface area contributed by atoms with Gasteiger partial charge >= 0.3 is 5.97 Å². The van der Waals surface area contributed by atoms with Crippen LogP contribution in [0.3, 0.4) is 0 Å². The zero-order valence-electron chi connectivity index (χ0n) is 9.41. The Bertz CT molecular complexity index is 610. The lowest BCUT2D eigenvalue weighted by Crippen LogP contribution is -2.13. The molecule has 1 aromatic carbocycles. The average Bonchev–Trinajstić information content (AvgIpc) is 2.67. The first-order valence-electron chi connectivity index (χ1n) is 5.03. The van der Waals surface area contributed by atoms with Gasteiger partial charge in [0.05, 0.1) is 34.1 Å². The lowest BCUT2D eigenvalue weighted by Gasteiger charge is -2.06. The standard InChI is InChI=1S/C11H9Cl3N2O2/c1-18-11(17)5-16-9-3-7(14)6(13)2-8(9)15-10(16)4-12/h2-3H,4-5H2,1H3. The van der Waals surface area contributed by atoms with E-state index in [1.54, 1.807) is 16.7 Å². The highest BCUT2D eigenvalue weighted by atomic mass is 35.5. The molecule has 0 aliphatic carbocycles. The van der Waals surface area contributed by atoms with Crippen LogP contribution in [0.15, 0.2) is 12.1 Å². The van der Waals surface area contributed by atoms with E-state index in [0.29, 0.717) is 26.9 Å². The van der Waals surface area contributed by atoms with Crippen LogP contribution < -0.4 is 0 Å². The highest BCUT2D eigenvalue weighted by Crippen LogP contribution is 2.28. The van der Waals surface area contributed by atoms with Crippen LogP contribution in [-0.4, -0.2) is 22.6 Å². The quantitative estimate of drug-likeness (QED) is 0.646. The summed E-state index contributed by atoms with van der Waals surface area (Å²) in [6.45, 7) is 0.0347. The molecule has 2 rings (SSSR count). The van der Waals surface area contributed by atoms with Crippen LogP contribution >= 0.6 is 34.8 Å². The number of methoxy groups -OCH3 is 1. The number of carbonyl (C=O) groups excluding carboxylic acids is 1. The number of alkyl halides is 1. The van der Waals surface area contributed by atoms with Crippen LogP contribution in [0.2, 0.25) is 10.0 Å². The molecule has 0 spiro atoms. The minimum atomic E-state index is -0.383. The maximum atomic E-state index is 11.4. The summed E-state index contributed by atoms with van der Waals surface area (Å²) in [5.74, 6) is 0.364. The maximum absolute atomic E-state index is 11.4. The van der Waals surface area contributed by atoms with Crippen LogP contribution in [-0.2, 0) is 22.0 Å². The molecule has 0 amide bonds. The van der Waals surface area contributed by atoms with Crippen LogP contribution in [0, 0.1) is 0 Å². The van der Waals surface area contributed by atoms with Gasteiger partial charge in [0.2, 0.25) is 0 Å². The van der Waals surface area contributed by atoms with E-state index >= 15 is 0 Å². The number of hydrogen-bond acceptors (Lipinski definition) is 3. The Morgan fingerprint density at radius 2 is 2.06 bits per heavy atom. The predicted molar refractivity (Wildman–Crippen MR) is 71.3 cm³/mol. The van der Waals surface area contributed by atoms with Crippen molar-refractivity contribution in [1.82, 2.24) is 9.55 Å². The Hall–Kier alpha value is -0.970. The largest absolute Gasteiger partial charge is 0.468 e. The summed E-state index contributed by atoms with van der Waals surface area (Å²) in [7, 11) is 1.33. The average molecular weight is 308 g/mol. The molecule has 0 N–H and O–H groups in total. The third kappa shape index (κ3) is 2.41.